The Morgan fingerprint density at radius 3 is 2.53 bits per heavy atom. The SMILES string of the molecule is Cc1cc(OC(F)(F)[C@@H](F)Cl)ccc1O. The lowest BCUT2D eigenvalue weighted by Gasteiger charge is -2.17. The highest BCUT2D eigenvalue weighted by atomic mass is 35.5. The van der Waals surface area contributed by atoms with Gasteiger partial charge in [-0.15, -0.1) is 0 Å². The highest BCUT2D eigenvalue weighted by Gasteiger charge is 2.42. The zero-order valence-corrected chi connectivity index (χ0v) is 8.43. The maximum atomic E-state index is 12.7. The van der Waals surface area contributed by atoms with Crippen molar-refractivity contribution in [2.24, 2.45) is 0 Å². The molecule has 1 aromatic rings. The summed E-state index contributed by atoms with van der Waals surface area (Å²) < 4.78 is 41.6. The third-order valence-electron chi connectivity index (χ3n) is 1.68. The van der Waals surface area contributed by atoms with E-state index in [1.54, 1.807) is 0 Å². The molecule has 15 heavy (non-hydrogen) atoms. The number of alkyl halides is 4. The van der Waals surface area contributed by atoms with Gasteiger partial charge < -0.3 is 9.84 Å². The standard InChI is InChI=1S/C9H8ClF3O2/c1-5-4-6(2-3-7(5)14)15-9(12,13)8(10)11/h2-4,8,14H,1H3/t8-/m1/s1. The fourth-order valence-electron chi connectivity index (χ4n) is 0.893. The molecule has 1 rings (SSSR count). The van der Waals surface area contributed by atoms with Crippen LogP contribution >= 0.6 is 11.6 Å². The van der Waals surface area contributed by atoms with Crippen LogP contribution < -0.4 is 4.74 Å². The summed E-state index contributed by atoms with van der Waals surface area (Å²) in [4.78, 5) is 0. The minimum absolute atomic E-state index is 0.0617. The molecule has 0 aliphatic heterocycles. The molecule has 0 heterocycles. The second-order valence-corrected chi connectivity index (χ2v) is 3.30. The van der Waals surface area contributed by atoms with Gasteiger partial charge in [-0.3, -0.25) is 0 Å². The van der Waals surface area contributed by atoms with Gasteiger partial charge in [0.15, 0.2) is 0 Å². The highest BCUT2D eigenvalue weighted by Crippen LogP contribution is 2.30. The van der Waals surface area contributed by atoms with E-state index < -0.39 is 11.7 Å². The van der Waals surface area contributed by atoms with E-state index in [0.717, 1.165) is 12.1 Å². The molecule has 0 fully saturated rings. The second kappa shape index (κ2) is 4.18. The van der Waals surface area contributed by atoms with Crippen molar-refractivity contribution in [1.82, 2.24) is 0 Å². The minimum Gasteiger partial charge on any atom is -0.508 e. The first-order valence-corrected chi connectivity index (χ1v) is 4.41. The molecule has 0 aromatic heterocycles. The zero-order chi connectivity index (χ0) is 11.6. The number of hydrogen-bond donors (Lipinski definition) is 1. The number of hydrogen-bond acceptors (Lipinski definition) is 2. The average molecular weight is 241 g/mol. The molecule has 0 amide bonds. The van der Waals surface area contributed by atoms with E-state index >= 15 is 0 Å². The van der Waals surface area contributed by atoms with Gasteiger partial charge in [0, 0.05) is 0 Å². The van der Waals surface area contributed by atoms with E-state index in [9.17, 15) is 13.2 Å². The van der Waals surface area contributed by atoms with Gasteiger partial charge in [0.05, 0.1) is 0 Å². The molecule has 0 aliphatic rings. The molecule has 0 radical (unpaired) electrons. The van der Waals surface area contributed by atoms with E-state index in [2.05, 4.69) is 16.3 Å². The van der Waals surface area contributed by atoms with Crippen molar-refractivity contribution >= 4 is 11.6 Å². The molecule has 1 N–H and O–H groups in total. The smallest absolute Gasteiger partial charge is 0.444 e. The number of halogens is 4. The first-order chi connectivity index (χ1) is 6.83. The number of phenolic OH excluding ortho intramolecular Hbond substituents is 1. The Hall–Kier alpha value is -1.10. The summed E-state index contributed by atoms with van der Waals surface area (Å²) in [6.07, 6.45) is -4.09. The van der Waals surface area contributed by atoms with Crippen molar-refractivity contribution in [3.8, 4) is 11.5 Å². The third-order valence-corrected chi connectivity index (χ3v) is 1.93. The zero-order valence-electron chi connectivity index (χ0n) is 7.68. The summed E-state index contributed by atoms with van der Waals surface area (Å²) in [5.74, 6) is -0.327. The van der Waals surface area contributed by atoms with Gasteiger partial charge in [-0.25, -0.2) is 4.39 Å². The van der Waals surface area contributed by atoms with Crippen LogP contribution in [0.25, 0.3) is 0 Å². The quantitative estimate of drug-likeness (QED) is 0.822. The predicted octanol–water partition coefficient (Wildman–Crippen LogP) is 3.21. The van der Waals surface area contributed by atoms with E-state index in [4.69, 9.17) is 5.11 Å². The topological polar surface area (TPSA) is 29.5 Å². The number of ether oxygens (including phenoxy) is 1. The monoisotopic (exact) mass is 240 g/mol. The van der Waals surface area contributed by atoms with Crippen LogP contribution in [0.4, 0.5) is 13.2 Å². The Bertz CT molecular complexity index is 355. The van der Waals surface area contributed by atoms with Gasteiger partial charge >= 0.3 is 6.11 Å². The highest BCUT2D eigenvalue weighted by molar-refractivity contribution is 6.20. The van der Waals surface area contributed by atoms with Crippen molar-refractivity contribution in [3.63, 3.8) is 0 Å². The summed E-state index contributed by atoms with van der Waals surface area (Å²) in [6.45, 7) is 1.49. The first kappa shape index (κ1) is 12.0. The normalized spacial score (nSPS) is 13.7. The lowest BCUT2D eigenvalue weighted by atomic mass is 10.2. The molecule has 1 atom stereocenters. The Kier molecular flexibility index (Phi) is 3.34. The van der Waals surface area contributed by atoms with E-state index in [-0.39, 0.29) is 11.5 Å². The lowest BCUT2D eigenvalue weighted by molar-refractivity contribution is -0.199. The fourth-order valence-corrected chi connectivity index (χ4v) is 0.938. The Morgan fingerprint density at radius 2 is 2.07 bits per heavy atom. The molecule has 0 bridgehead atoms. The van der Waals surface area contributed by atoms with Gasteiger partial charge in [0.1, 0.15) is 11.5 Å². The maximum absolute atomic E-state index is 12.7. The third kappa shape index (κ3) is 2.92. The number of benzene rings is 1. The van der Waals surface area contributed by atoms with Crippen LogP contribution in [0, 0.1) is 6.92 Å². The molecule has 84 valence electrons. The van der Waals surface area contributed by atoms with E-state index in [0.29, 0.717) is 5.56 Å². The van der Waals surface area contributed by atoms with Crippen molar-refractivity contribution in [1.29, 1.82) is 0 Å². The van der Waals surface area contributed by atoms with E-state index in [1.807, 2.05) is 0 Å². The van der Waals surface area contributed by atoms with Crippen LogP contribution in [0.1, 0.15) is 5.56 Å². The Morgan fingerprint density at radius 1 is 1.47 bits per heavy atom. The predicted molar refractivity (Wildman–Crippen MR) is 49.2 cm³/mol. The number of aromatic hydroxyl groups is 1. The number of aryl methyl sites for hydroxylation is 1. The van der Waals surface area contributed by atoms with Crippen molar-refractivity contribution in [3.05, 3.63) is 23.8 Å². The van der Waals surface area contributed by atoms with Gasteiger partial charge in [0.25, 0.3) is 5.63 Å². The number of rotatable bonds is 3. The largest absolute Gasteiger partial charge is 0.508 e. The summed E-state index contributed by atoms with van der Waals surface area (Å²) in [5.41, 5.74) is -2.58. The summed E-state index contributed by atoms with van der Waals surface area (Å²) in [6, 6.07) is 3.42. The minimum atomic E-state index is -4.09. The van der Waals surface area contributed by atoms with Gasteiger partial charge in [-0.05, 0) is 30.7 Å². The summed E-state index contributed by atoms with van der Waals surface area (Å²) in [5, 5.41) is 9.11. The first-order valence-electron chi connectivity index (χ1n) is 3.97. The molecule has 0 aliphatic carbocycles. The maximum Gasteiger partial charge on any atom is 0.444 e. The molecule has 0 spiro atoms. The van der Waals surface area contributed by atoms with Crippen molar-refractivity contribution < 1.29 is 23.0 Å². The summed E-state index contributed by atoms with van der Waals surface area (Å²) in [7, 11) is 0. The van der Waals surface area contributed by atoms with Gasteiger partial charge in [0.2, 0.25) is 0 Å². The van der Waals surface area contributed by atoms with E-state index in [1.165, 1.54) is 13.0 Å². The van der Waals surface area contributed by atoms with Crippen LogP contribution in [0.3, 0.4) is 0 Å². The number of phenols is 1. The molecule has 0 saturated carbocycles. The summed E-state index contributed by atoms with van der Waals surface area (Å²) >= 11 is 4.60. The fraction of sp³-hybridized carbons (Fsp3) is 0.333. The van der Waals surface area contributed by atoms with Crippen LogP contribution in [0.5, 0.6) is 11.5 Å². The van der Waals surface area contributed by atoms with Gasteiger partial charge in [-0.1, -0.05) is 11.6 Å². The molecule has 0 unspecified atom stereocenters. The molecule has 1 aromatic carbocycles. The lowest BCUT2D eigenvalue weighted by Crippen LogP contribution is -2.32. The average Bonchev–Trinajstić information content (AvgIpc) is 2.10. The molecular weight excluding hydrogens is 233 g/mol. The Labute approximate surface area is 89.2 Å². The van der Waals surface area contributed by atoms with Crippen LogP contribution in [0.2, 0.25) is 0 Å². The molecule has 6 heteroatoms. The van der Waals surface area contributed by atoms with Crippen molar-refractivity contribution in [2.75, 3.05) is 0 Å². The molecule has 2 nitrogen and oxygen atoms in total. The van der Waals surface area contributed by atoms with Gasteiger partial charge in [-0.2, -0.15) is 8.78 Å². The van der Waals surface area contributed by atoms with Crippen molar-refractivity contribution in [2.45, 2.75) is 18.7 Å². The van der Waals surface area contributed by atoms with Crippen LogP contribution in [-0.4, -0.2) is 16.8 Å². The molecule has 0 saturated heterocycles. The van der Waals surface area contributed by atoms with Crippen LogP contribution in [-0.2, 0) is 0 Å². The molecular formula is C9H8ClF3O2. The second-order valence-electron chi connectivity index (χ2n) is 2.91. The van der Waals surface area contributed by atoms with Crippen LogP contribution in [0.15, 0.2) is 18.2 Å². The Balaban J connectivity index is 2.86.